The number of ether oxygens (including phenoxy) is 2. The van der Waals surface area contributed by atoms with E-state index < -0.39 is 0 Å². The van der Waals surface area contributed by atoms with Crippen molar-refractivity contribution in [3.63, 3.8) is 0 Å². The first-order valence-corrected chi connectivity index (χ1v) is 8.48. The van der Waals surface area contributed by atoms with E-state index >= 15 is 0 Å². The van der Waals surface area contributed by atoms with Crippen LogP contribution >= 0.6 is 0 Å². The Labute approximate surface area is 144 Å². The summed E-state index contributed by atoms with van der Waals surface area (Å²) in [5.41, 5.74) is 0.956. The molecule has 0 bridgehead atoms. The molecule has 1 fully saturated rings. The molecule has 0 aliphatic carbocycles. The fraction of sp³-hybridized carbons (Fsp3) is 0.389. The smallest absolute Gasteiger partial charge is 0.274 e. The molecular weight excluding hydrogens is 322 g/mol. The molecule has 7 nitrogen and oxygen atoms in total. The predicted octanol–water partition coefficient (Wildman–Crippen LogP) is 1.91. The zero-order valence-corrected chi connectivity index (χ0v) is 13.7. The van der Waals surface area contributed by atoms with Gasteiger partial charge in [-0.25, -0.2) is 5.10 Å². The molecule has 7 heteroatoms. The molecule has 2 aromatic rings. The van der Waals surface area contributed by atoms with Crippen molar-refractivity contribution in [1.82, 2.24) is 15.1 Å². The second kappa shape index (κ2) is 6.58. The van der Waals surface area contributed by atoms with Gasteiger partial charge in [0, 0.05) is 19.0 Å². The number of carbonyl (C=O) groups is 1. The van der Waals surface area contributed by atoms with Gasteiger partial charge in [-0.05, 0) is 36.6 Å². The topological polar surface area (TPSA) is 84.5 Å². The van der Waals surface area contributed by atoms with E-state index in [1.165, 1.54) is 12.1 Å². The number of H-pyrrole nitrogens is 1. The highest BCUT2D eigenvalue weighted by Crippen LogP contribution is 2.38. The van der Waals surface area contributed by atoms with Crippen LogP contribution in [0.15, 0.2) is 35.1 Å². The van der Waals surface area contributed by atoms with E-state index in [-0.39, 0.29) is 23.2 Å². The molecule has 1 N–H and O–H groups in total. The summed E-state index contributed by atoms with van der Waals surface area (Å²) in [4.78, 5) is 25.7. The number of nitrogens with zero attached hydrogens (tertiary/aromatic N) is 2. The molecule has 0 saturated carbocycles. The van der Waals surface area contributed by atoms with Crippen LogP contribution in [-0.4, -0.2) is 40.8 Å². The Morgan fingerprint density at radius 2 is 1.96 bits per heavy atom. The average Bonchev–Trinajstić information content (AvgIpc) is 3.00. The number of hydrogen-bond donors (Lipinski definition) is 1. The van der Waals surface area contributed by atoms with Gasteiger partial charge in [0.25, 0.3) is 11.5 Å². The van der Waals surface area contributed by atoms with Crippen molar-refractivity contribution >= 4 is 5.91 Å². The Balaban J connectivity index is 1.61. The van der Waals surface area contributed by atoms with Crippen LogP contribution in [-0.2, 0) is 0 Å². The largest absolute Gasteiger partial charge is 0.490 e. The number of likely N-dealkylation sites (tertiary alicyclic amines) is 1. The van der Waals surface area contributed by atoms with Crippen LogP contribution in [0.1, 0.15) is 41.4 Å². The second-order valence-corrected chi connectivity index (χ2v) is 6.22. The first-order valence-electron chi connectivity index (χ1n) is 8.48. The van der Waals surface area contributed by atoms with Crippen molar-refractivity contribution in [2.75, 3.05) is 19.8 Å². The number of amides is 1. The van der Waals surface area contributed by atoms with Crippen LogP contribution in [0, 0.1) is 0 Å². The monoisotopic (exact) mass is 341 g/mol. The van der Waals surface area contributed by atoms with Gasteiger partial charge in [0.1, 0.15) is 5.69 Å². The van der Waals surface area contributed by atoms with E-state index in [0.717, 1.165) is 36.3 Å². The highest BCUT2D eigenvalue weighted by Gasteiger charge is 2.32. The number of aromatic amines is 1. The summed E-state index contributed by atoms with van der Waals surface area (Å²) in [6, 6.07) is 8.62. The van der Waals surface area contributed by atoms with E-state index in [1.54, 1.807) is 4.90 Å². The molecule has 1 aromatic carbocycles. The Morgan fingerprint density at radius 3 is 2.76 bits per heavy atom. The number of aromatic nitrogens is 2. The Morgan fingerprint density at radius 1 is 1.12 bits per heavy atom. The van der Waals surface area contributed by atoms with E-state index in [9.17, 15) is 9.59 Å². The van der Waals surface area contributed by atoms with Gasteiger partial charge in [0.05, 0.1) is 19.3 Å². The van der Waals surface area contributed by atoms with Gasteiger partial charge in [-0.3, -0.25) is 9.59 Å². The number of rotatable bonds is 2. The summed E-state index contributed by atoms with van der Waals surface area (Å²) in [6.45, 7) is 1.95. The molecular formula is C18H19N3O4. The minimum absolute atomic E-state index is 0.0293. The molecule has 1 aromatic heterocycles. The van der Waals surface area contributed by atoms with Crippen LogP contribution in [0.25, 0.3) is 0 Å². The molecule has 4 rings (SSSR count). The highest BCUT2D eigenvalue weighted by atomic mass is 16.5. The van der Waals surface area contributed by atoms with Crippen molar-refractivity contribution in [3.05, 3.63) is 51.9 Å². The van der Waals surface area contributed by atoms with Gasteiger partial charge in [-0.2, -0.15) is 5.10 Å². The maximum Gasteiger partial charge on any atom is 0.274 e. The van der Waals surface area contributed by atoms with Crippen LogP contribution in [0.3, 0.4) is 0 Å². The highest BCUT2D eigenvalue weighted by molar-refractivity contribution is 5.92. The van der Waals surface area contributed by atoms with Crippen LogP contribution in [0.4, 0.5) is 0 Å². The Hall–Kier alpha value is -2.83. The minimum atomic E-state index is -0.322. The second-order valence-electron chi connectivity index (χ2n) is 6.22. The van der Waals surface area contributed by atoms with Crippen LogP contribution in [0.5, 0.6) is 11.5 Å². The number of benzene rings is 1. The molecule has 1 amide bonds. The summed E-state index contributed by atoms with van der Waals surface area (Å²) < 4.78 is 11.4. The van der Waals surface area contributed by atoms with Gasteiger partial charge >= 0.3 is 0 Å². The molecule has 1 saturated heterocycles. The third-order valence-corrected chi connectivity index (χ3v) is 4.57. The molecule has 0 spiro atoms. The van der Waals surface area contributed by atoms with Gasteiger partial charge in [-0.15, -0.1) is 0 Å². The molecule has 3 heterocycles. The summed E-state index contributed by atoms with van der Waals surface area (Å²) in [5, 5.41) is 6.18. The van der Waals surface area contributed by atoms with E-state index in [2.05, 4.69) is 10.2 Å². The van der Waals surface area contributed by atoms with Gasteiger partial charge in [0.15, 0.2) is 11.5 Å². The fourth-order valence-electron chi connectivity index (χ4n) is 3.35. The molecule has 25 heavy (non-hydrogen) atoms. The van der Waals surface area contributed by atoms with Crippen LogP contribution < -0.4 is 15.0 Å². The molecule has 1 atom stereocenters. The van der Waals surface area contributed by atoms with E-state index in [1.807, 2.05) is 18.2 Å². The summed E-state index contributed by atoms with van der Waals surface area (Å²) in [6.07, 6.45) is 2.67. The maximum atomic E-state index is 12.8. The summed E-state index contributed by atoms with van der Waals surface area (Å²) in [7, 11) is 0. The van der Waals surface area contributed by atoms with E-state index in [4.69, 9.17) is 9.47 Å². The average molecular weight is 341 g/mol. The molecule has 2 aliphatic heterocycles. The first kappa shape index (κ1) is 15.7. The molecule has 0 radical (unpaired) electrons. The molecule has 1 unspecified atom stereocenters. The zero-order chi connectivity index (χ0) is 17.2. The molecule has 130 valence electrons. The normalized spacial score (nSPS) is 19.5. The number of hydrogen-bond acceptors (Lipinski definition) is 5. The molecule has 2 aliphatic rings. The predicted molar refractivity (Wildman–Crippen MR) is 89.9 cm³/mol. The lowest BCUT2D eigenvalue weighted by atomic mass is 10.0. The fourth-order valence-corrected chi connectivity index (χ4v) is 3.35. The maximum absolute atomic E-state index is 12.8. The van der Waals surface area contributed by atoms with E-state index in [0.29, 0.717) is 19.8 Å². The van der Waals surface area contributed by atoms with Crippen molar-refractivity contribution in [2.24, 2.45) is 0 Å². The van der Waals surface area contributed by atoms with Gasteiger partial charge in [0.2, 0.25) is 0 Å². The SMILES string of the molecule is O=C(c1ccc(=O)[nH]n1)N1CCCC1c1ccc2c(c1)OCCCO2. The Bertz CT molecular complexity index is 828. The zero-order valence-electron chi connectivity index (χ0n) is 13.7. The first-order chi connectivity index (χ1) is 12.2. The lowest BCUT2D eigenvalue weighted by molar-refractivity contribution is 0.0728. The Kier molecular flexibility index (Phi) is 4.13. The quantitative estimate of drug-likeness (QED) is 0.902. The van der Waals surface area contributed by atoms with Crippen molar-refractivity contribution in [3.8, 4) is 11.5 Å². The van der Waals surface area contributed by atoms with Crippen molar-refractivity contribution < 1.29 is 14.3 Å². The van der Waals surface area contributed by atoms with Gasteiger partial charge in [-0.1, -0.05) is 6.07 Å². The van der Waals surface area contributed by atoms with Crippen molar-refractivity contribution in [1.29, 1.82) is 0 Å². The number of nitrogens with one attached hydrogen (secondary N) is 1. The minimum Gasteiger partial charge on any atom is -0.490 e. The third-order valence-electron chi connectivity index (χ3n) is 4.57. The third kappa shape index (κ3) is 3.09. The lowest BCUT2D eigenvalue weighted by Crippen LogP contribution is -2.32. The van der Waals surface area contributed by atoms with Crippen LogP contribution in [0.2, 0.25) is 0 Å². The van der Waals surface area contributed by atoms with Gasteiger partial charge < -0.3 is 14.4 Å². The summed E-state index contributed by atoms with van der Waals surface area (Å²) in [5.74, 6) is 1.31. The number of carbonyl (C=O) groups excluding carboxylic acids is 1. The lowest BCUT2D eigenvalue weighted by Gasteiger charge is -2.25. The number of fused-ring (bicyclic) bond motifs is 1. The summed E-state index contributed by atoms with van der Waals surface area (Å²) >= 11 is 0. The standard InChI is InChI=1S/C18H19N3O4/c22-17-7-5-13(19-20-17)18(23)21-8-1-3-14(21)12-4-6-15-16(11-12)25-10-2-9-24-15/h4-7,11,14H,1-3,8-10H2,(H,20,22). The van der Waals surface area contributed by atoms with Crippen molar-refractivity contribution in [2.45, 2.75) is 25.3 Å².